The van der Waals surface area contributed by atoms with Crippen molar-refractivity contribution in [2.75, 3.05) is 0 Å². The predicted molar refractivity (Wildman–Crippen MR) is 69.0 cm³/mol. The first-order valence-corrected chi connectivity index (χ1v) is 5.73. The van der Waals surface area contributed by atoms with Crippen LogP contribution in [-0.2, 0) is 0 Å². The molecule has 2 rings (SSSR count). The van der Waals surface area contributed by atoms with Gasteiger partial charge in [-0.05, 0) is 40.1 Å². The highest BCUT2D eigenvalue weighted by atomic mass is 35.5. The molecule has 2 aromatic rings. The smallest absolute Gasteiger partial charge is 0.141 e. The van der Waals surface area contributed by atoms with Crippen LogP contribution in [0.1, 0.15) is 17.2 Å². The van der Waals surface area contributed by atoms with Crippen LogP contribution in [0.3, 0.4) is 0 Å². The second-order valence-corrected chi connectivity index (χ2v) is 4.40. The third-order valence-corrected chi connectivity index (χ3v) is 3.20. The minimum Gasteiger partial charge on any atom is -0.320 e. The Morgan fingerprint density at radius 1 is 1.25 bits per heavy atom. The van der Waals surface area contributed by atoms with Crippen LogP contribution in [0, 0.1) is 5.82 Å². The number of hydrogen-bond acceptors (Lipinski definition) is 2. The molecule has 1 aromatic heterocycles. The molecule has 0 fully saturated rings. The lowest BCUT2D eigenvalue weighted by atomic mass is 10.0. The van der Waals surface area contributed by atoms with Gasteiger partial charge in [-0.2, -0.15) is 11.3 Å². The lowest BCUT2D eigenvalue weighted by molar-refractivity contribution is 0.627. The van der Waals surface area contributed by atoms with Crippen molar-refractivity contribution < 1.29 is 4.39 Å². The highest BCUT2D eigenvalue weighted by Crippen LogP contribution is 2.25. The van der Waals surface area contributed by atoms with E-state index in [-0.39, 0.29) is 23.5 Å². The normalized spacial score (nSPS) is 11.9. The first kappa shape index (κ1) is 13.5. The van der Waals surface area contributed by atoms with Gasteiger partial charge in [0.25, 0.3) is 0 Å². The van der Waals surface area contributed by atoms with E-state index < -0.39 is 5.82 Å². The highest BCUT2D eigenvalue weighted by Gasteiger charge is 2.10. The second kappa shape index (κ2) is 5.64. The molecule has 0 bridgehead atoms. The average Bonchev–Trinajstić information content (AvgIpc) is 2.74. The Hall–Kier alpha value is -0.610. The van der Waals surface area contributed by atoms with Gasteiger partial charge in [0.2, 0.25) is 0 Å². The largest absolute Gasteiger partial charge is 0.320 e. The summed E-state index contributed by atoms with van der Waals surface area (Å²) in [4.78, 5) is 0. The maximum absolute atomic E-state index is 12.9. The van der Waals surface area contributed by atoms with Crippen molar-refractivity contribution in [2.24, 2.45) is 5.73 Å². The van der Waals surface area contributed by atoms with E-state index in [2.05, 4.69) is 0 Å². The summed E-state index contributed by atoms with van der Waals surface area (Å²) in [5, 5.41) is 4.04. The van der Waals surface area contributed by atoms with Gasteiger partial charge in [-0.15, -0.1) is 12.4 Å². The molecule has 0 aliphatic heterocycles. The van der Waals surface area contributed by atoms with Crippen LogP contribution >= 0.6 is 35.3 Å². The zero-order valence-electron chi connectivity index (χ0n) is 8.19. The molecule has 0 aliphatic rings. The topological polar surface area (TPSA) is 26.0 Å². The molecule has 0 saturated carbocycles. The fraction of sp³-hybridized carbons (Fsp3) is 0.0909. The van der Waals surface area contributed by atoms with Crippen molar-refractivity contribution in [2.45, 2.75) is 6.04 Å². The molecule has 0 saturated heterocycles. The number of thiophene rings is 1. The highest BCUT2D eigenvalue weighted by molar-refractivity contribution is 7.08. The van der Waals surface area contributed by atoms with Gasteiger partial charge in [0.05, 0.1) is 11.1 Å². The Morgan fingerprint density at radius 3 is 2.56 bits per heavy atom. The van der Waals surface area contributed by atoms with Crippen molar-refractivity contribution in [3.63, 3.8) is 0 Å². The van der Waals surface area contributed by atoms with E-state index in [1.807, 2.05) is 16.8 Å². The summed E-state index contributed by atoms with van der Waals surface area (Å²) in [6, 6.07) is 6.27. The standard InChI is InChI=1S/C11H9ClFNS.ClH/c12-9-5-7(1-2-10(9)13)11(14)8-3-4-15-6-8;/h1-6,11H,14H2;1H/t11-;/m1./s1. The molecule has 2 N–H and O–H groups in total. The van der Waals surface area contributed by atoms with Gasteiger partial charge in [-0.25, -0.2) is 4.39 Å². The van der Waals surface area contributed by atoms with Gasteiger partial charge in [-0.3, -0.25) is 0 Å². The maximum atomic E-state index is 12.9. The van der Waals surface area contributed by atoms with E-state index in [1.165, 1.54) is 6.07 Å². The van der Waals surface area contributed by atoms with Crippen LogP contribution in [0.2, 0.25) is 5.02 Å². The summed E-state index contributed by atoms with van der Waals surface area (Å²) in [6.07, 6.45) is 0. The Bertz CT molecular complexity index is 459. The first-order valence-electron chi connectivity index (χ1n) is 4.41. The van der Waals surface area contributed by atoms with E-state index in [9.17, 15) is 4.39 Å². The predicted octanol–water partition coefficient (Wildman–Crippen LogP) is 4.01. The molecule has 5 heteroatoms. The summed E-state index contributed by atoms with van der Waals surface area (Å²) in [5.74, 6) is -0.419. The third-order valence-electron chi connectivity index (χ3n) is 2.21. The summed E-state index contributed by atoms with van der Waals surface area (Å²) in [5.41, 5.74) is 7.84. The SMILES string of the molecule is Cl.N[C@@H](c1ccsc1)c1ccc(F)c(Cl)c1. The van der Waals surface area contributed by atoms with Crippen molar-refractivity contribution in [3.05, 3.63) is 57.0 Å². The van der Waals surface area contributed by atoms with E-state index in [0.29, 0.717) is 0 Å². The molecule has 0 radical (unpaired) electrons. The molecule has 1 aromatic carbocycles. The Labute approximate surface area is 108 Å². The van der Waals surface area contributed by atoms with Gasteiger partial charge >= 0.3 is 0 Å². The zero-order chi connectivity index (χ0) is 10.8. The number of benzene rings is 1. The van der Waals surface area contributed by atoms with Gasteiger partial charge < -0.3 is 5.73 Å². The van der Waals surface area contributed by atoms with Gasteiger partial charge in [0.1, 0.15) is 5.82 Å². The van der Waals surface area contributed by atoms with Crippen molar-refractivity contribution in [3.8, 4) is 0 Å². The zero-order valence-corrected chi connectivity index (χ0v) is 10.6. The van der Waals surface area contributed by atoms with Crippen LogP contribution in [0.25, 0.3) is 0 Å². The minimum absolute atomic E-state index is 0. The number of hydrogen-bond donors (Lipinski definition) is 1. The summed E-state index contributed by atoms with van der Waals surface area (Å²) in [6.45, 7) is 0. The molecule has 86 valence electrons. The quantitative estimate of drug-likeness (QED) is 0.882. The molecule has 1 nitrogen and oxygen atoms in total. The minimum atomic E-state index is -0.419. The molecule has 0 unspecified atom stereocenters. The van der Waals surface area contributed by atoms with Crippen LogP contribution in [0.5, 0.6) is 0 Å². The fourth-order valence-corrected chi connectivity index (χ4v) is 2.24. The van der Waals surface area contributed by atoms with Crippen LogP contribution < -0.4 is 5.73 Å². The lowest BCUT2D eigenvalue weighted by Gasteiger charge is -2.10. The van der Waals surface area contributed by atoms with Gasteiger partial charge in [0.15, 0.2) is 0 Å². The Kier molecular flexibility index (Phi) is 4.74. The van der Waals surface area contributed by atoms with Crippen LogP contribution in [0.4, 0.5) is 4.39 Å². The third kappa shape index (κ3) is 2.74. The summed E-state index contributed by atoms with van der Waals surface area (Å²) in [7, 11) is 0. The van der Waals surface area contributed by atoms with E-state index >= 15 is 0 Å². The maximum Gasteiger partial charge on any atom is 0.141 e. The number of rotatable bonds is 2. The molecular weight excluding hydrogens is 268 g/mol. The summed E-state index contributed by atoms with van der Waals surface area (Å²) >= 11 is 7.27. The fourth-order valence-electron chi connectivity index (χ4n) is 1.35. The second-order valence-electron chi connectivity index (χ2n) is 3.21. The van der Waals surface area contributed by atoms with Crippen molar-refractivity contribution in [1.82, 2.24) is 0 Å². The van der Waals surface area contributed by atoms with Crippen LogP contribution in [0.15, 0.2) is 35.0 Å². The molecular formula is C11H10Cl2FNS. The molecule has 0 spiro atoms. The Balaban J connectivity index is 0.00000128. The van der Waals surface area contributed by atoms with Crippen molar-refractivity contribution >= 4 is 35.3 Å². The van der Waals surface area contributed by atoms with Gasteiger partial charge in [0, 0.05) is 0 Å². The molecule has 16 heavy (non-hydrogen) atoms. The number of nitrogens with two attached hydrogens (primary N) is 1. The lowest BCUT2D eigenvalue weighted by Crippen LogP contribution is -2.10. The van der Waals surface area contributed by atoms with E-state index in [0.717, 1.165) is 11.1 Å². The first-order chi connectivity index (χ1) is 7.18. The molecule has 1 heterocycles. The molecule has 0 amide bonds. The van der Waals surface area contributed by atoms with Gasteiger partial charge in [-0.1, -0.05) is 17.7 Å². The molecule has 0 aliphatic carbocycles. The average molecular weight is 278 g/mol. The van der Waals surface area contributed by atoms with Crippen LogP contribution in [-0.4, -0.2) is 0 Å². The van der Waals surface area contributed by atoms with E-state index in [4.69, 9.17) is 17.3 Å². The molecule has 1 atom stereocenters. The Morgan fingerprint density at radius 2 is 2.00 bits per heavy atom. The number of halogens is 3. The van der Waals surface area contributed by atoms with Crippen molar-refractivity contribution in [1.29, 1.82) is 0 Å². The summed E-state index contributed by atoms with van der Waals surface area (Å²) < 4.78 is 12.9. The van der Waals surface area contributed by atoms with E-state index in [1.54, 1.807) is 23.5 Å². The monoisotopic (exact) mass is 277 g/mol.